The van der Waals surface area contributed by atoms with Gasteiger partial charge >= 0.3 is 0 Å². The summed E-state index contributed by atoms with van der Waals surface area (Å²) in [7, 11) is 0. The van der Waals surface area contributed by atoms with Gasteiger partial charge in [0.1, 0.15) is 11.0 Å². The van der Waals surface area contributed by atoms with Gasteiger partial charge in [-0.3, -0.25) is 4.98 Å². The van der Waals surface area contributed by atoms with Crippen LogP contribution in [0, 0.1) is 5.92 Å². The fourth-order valence-corrected chi connectivity index (χ4v) is 2.60. The second-order valence-electron chi connectivity index (χ2n) is 4.56. The average molecular weight is 256 g/mol. The first-order valence-corrected chi connectivity index (χ1v) is 6.52. The van der Waals surface area contributed by atoms with Gasteiger partial charge in [0.25, 0.3) is 0 Å². The zero-order valence-corrected chi connectivity index (χ0v) is 10.5. The standard InChI is InChI=1S/C12H18ClN3O/c13-11-6-14-7-12(16-11)15-10(8-17)9-4-2-1-3-5-9/h6-7,9-10,17H,1-5,8H2,(H,15,16). The van der Waals surface area contributed by atoms with Crippen molar-refractivity contribution in [3.63, 3.8) is 0 Å². The number of nitrogens with one attached hydrogen (secondary N) is 1. The van der Waals surface area contributed by atoms with Gasteiger partial charge in [0.05, 0.1) is 25.0 Å². The van der Waals surface area contributed by atoms with Gasteiger partial charge in [-0.2, -0.15) is 0 Å². The van der Waals surface area contributed by atoms with Crippen molar-refractivity contribution in [3.8, 4) is 0 Å². The molecule has 0 amide bonds. The third-order valence-electron chi connectivity index (χ3n) is 3.35. The minimum atomic E-state index is 0.0584. The van der Waals surface area contributed by atoms with Crippen molar-refractivity contribution in [1.82, 2.24) is 9.97 Å². The number of anilines is 1. The van der Waals surface area contributed by atoms with Gasteiger partial charge in [-0.05, 0) is 18.8 Å². The summed E-state index contributed by atoms with van der Waals surface area (Å²) in [6, 6.07) is 0.0584. The Morgan fingerprint density at radius 3 is 2.76 bits per heavy atom. The highest BCUT2D eigenvalue weighted by Gasteiger charge is 2.23. The monoisotopic (exact) mass is 255 g/mol. The summed E-state index contributed by atoms with van der Waals surface area (Å²) in [6.07, 6.45) is 9.30. The van der Waals surface area contributed by atoms with E-state index >= 15 is 0 Å². The molecule has 1 saturated carbocycles. The lowest BCUT2D eigenvalue weighted by atomic mass is 9.84. The number of halogens is 1. The Balaban J connectivity index is 1.98. The average Bonchev–Trinajstić information content (AvgIpc) is 2.37. The molecule has 1 fully saturated rings. The Morgan fingerprint density at radius 2 is 2.12 bits per heavy atom. The summed E-state index contributed by atoms with van der Waals surface area (Å²) < 4.78 is 0. The molecule has 1 aliphatic rings. The molecule has 1 aliphatic carbocycles. The van der Waals surface area contributed by atoms with E-state index in [0.29, 0.717) is 16.9 Å². The SMILES string of the molecule is OCC(Nc1cncc(Cl)n1)C1CCCCC1. The predicted octanol–water partition coefficient (Wildman–Crippen LogP) is 2.48. The van der Waals surface area contributed by atoms with Gasteiger partial charge in [0, 0.05) is 0 Å². The molecule has 5 heteroatoms. The molecule has 0 spiro atoms. The van der Waals surface area contributed by atoms with Crippen LogP contribution in [0.5, 0.6) is 0 Å². The summed E-state index contributed by atoms with van der Waals surface area (Å²) in [4.78, 5) is 8.11. The van der Waals surface area contributed by atoms with Gasteiger partial charge < -0.3 is 10.4 Å². The van der Waals surface area contributed by atoms with Crippen molar-refractivity contribution >= 4 is 17.4 Å². The highest BCUT2D eigenvalue weighted by Crippen LogP contribution is 2.27. The Hall–Kier alpha value is -0.870. The van der Waals surface area contributed by atoms with Crippen LogP contribution in [0.25, 0.3) is 0 Å². The minimum Gasteiger partial charge on any atom is -0.394 e. The van der Waals surface area contributed by atoms with Gasteiger partial charge in [-0.25, -0.2) is 4.98 Å². The van der Waals surface area contributed by atoms with E-state index in [1.54, 1.807) is 6.20 Å². The van der Waals surface area contributed by atoms with Crippen molar-refractivity contribution in [1.29, 1.82) is 0 Å². The van der Waals surface area contributed by atoms with Gasteiger partial charge in [0.2, 0.25) is 0 Å². The minimum absolute atomic E-state index is 0.0584. The topological polar surface area (TPSA) is 58.0 Å². The number of aliphatic hydroxyl groups excluding tert-OH is 1. The lowest BCUT2D eigenvalue weighted by Crippen LogP contribution is -2.34. The van der Waals surface area contributed by atoms with E-state index in [0.717, 1.165) is 0 Å². The quantitative estimate of drug-likeness (QED) is 0.868. The third-order valence-corrected chi connectivity index (χ3v) is 3.54. The molecular formula is C12H18ClN3O. The molecule has 4 nitrogen and oxygen atoms in total. The normalized spacial score (nSPS) is 18.9. The Kier molecular flexibility index (Phi) is 4.57. The molecule has 2 rings (SSSR count). The molecule has 0 saturated heterocycles. The van der Waals surface area contributed by atoms with E-state index in [1.165, 1.54) is 38.3 Å². The molecule has 0 aromatic carbocycles. The van der Waals surface area contributed by atoms with Crippen LogP contribution in [0.4, 0.5) is 5.82 Å². The highest BCUT2D eigenvalue weighted by atomic mass is 35.5. The fourth-order valence-electron chi connectivity index (χ4n) is 2.45. The lowest BCUT2D eigenvalue weighted by Gasteiger charge is -2.29. The molecule has 0 radical (unpaired) electrons. The van der Waals surface area contributed by atoms with Crippen LogP contribution in [-0.2, 0) is 0 Å². The molecule has 2 N–H and O–H groups in total. The Morgan fingerprint density at radius 1 is 1.35 bits per heavy atom. The molecule has 1 unspecified atom stereocenters. The summed E-state index contributed by atoms with van der Waals surface area (Å²) >= 11 is 5.78. The van der Waals surface area contributed by atoms with E-state index in [-0.39, 0.29) is 12.6 Å². The number of rotatable bonds is 4. The van der Waals surface area contributed by atoms with Crippen molar-refractivity contribution < 1.29 is 5.11 Å². The van der Waals surface area contributed by atoms with Crippen molar-refractivity contribution in [2.24, 2.45) is 5.92 Å². The van der Waals surface area contributed by atoms with Crippen molar-refractivity contribution in [2.75, 3.05) is 11.9 Å². The first kappa shape index (κ1) is 12.6. The molecule has 1 aromatic rings. The molecule has 0 bridgehead atoms. The third kappa shape index (κ3) is 3.54. The van der Waals surface area contributed by atoms with Crippen LogP contribution < -0.4 is 5.32 Å². The maximum atomic E-state index is 9.47. The summed E-state index contributed by atoms with van der Waals surface area (Å²) in [5.74, 6) is 1.16. The van der Waals surface area contributed by atoms with Gasteiger partial charge in [-0.1, -0.05) is 30.9 Å². The number of aliphatic hydroxyl groups is 1. The maximum absolute atomic E-state index is 9.47. The van der Waals surface area contributed by atoms with E-state index in [1.807, 2.05) is 0 Å². The second-order valence-corrected chi connectivity index (χ2v) is 4.95. The van der Waals surface area contributed by atoms with Gasteiger partial charge in [-0.15, -0.1) is 0 Å². The van der Waals surface area contributed by atoms with Crippen molar-refractivity contribution in [2.45, 2.75) is 38.1 Å². The number of hydrogen-bond acceptors (Lipinski definition) is 4. The summed E-state index contributed by atoms with van der Waals surface area (Å²) in [5, 5.41) is 13.1. The van der Waals surface area contributed by atoms with Crippen LogP contribution in [0.1, 0.15) is 32.1 Å². The lowest BCUT2D eigenvalue weighted by molar-refractivity contribution is 0.209. The zero-order chi connectivity index (χ0) is 12.1. The molecule has 1 heterocycles. The first-order valence-electron chi connectivity index (χ1n) is 6.14. The van der Waals surface area contributed by atoms with Crippen LogP contribution in [-0.4, -0.2) is 27.7 Å². The summed E-state index contributed by atoms with van der Waals surface area (Å²) in [6.45, 7) is 0.124. The zero-order valence-electron chi connectivity index (χ0n) is 9.77. The van der Waals surface area contributed by atoms with Crippen molar-refractivity contribution in [3.05, 3.63) is 17.5 Å². The molecule has 17 heavy (non-hydrogen) atoms. The second kappa shape index (κ2) is 6.17. The molecule has 94 valence electrons. The smallest absolute Gasteiger partial charge is 0.149 e. The van der Waals surface area contributed by atoms with E-state index in [2.05, 4.69) is 15.3 Å². The number of hydrogen-bond donors (Lipinski definition) is 2. The molecular weight excluding hydrogens is 238 g/mol. The Labute approximate surface area is 106 Å². The molecule has 0 aliphatic heterocycles. The first-order chi connectivity index (χ1) is 8.29. The van der Waals surface area contributed by atoms with Gasteiger partial charge in [0.15, 0.2) is 0 Å². The maximum Gasteiger partial charge on any atom is 0.149 e. The predicted molar refractivity (Wildman–Crippen MR) is 68.1 cm³/mol. The van der Waals surface area contributed by atoms with Crippen LogP contribution >= 0.6 is 11.6 Å². The van der Waals surface area contributed by atoms with Crippen LogP contribution in [0.2, 0.25) is 5.15 Å². The largest absolute Gasteiger partial charge is 0.394 e. The Bertz CT molecular complexity index is 355. The van der Waals surface area contributed by atoms with E-state index in [9.17, 15) is 5.11 Å². The molecule has 1 aromatic heterocycles. The highest BCUT2D eigenvalue weighted by molar-refractivity contribution is 6.29. The fraction of sp³-hybridized carbons (Fsp3) is 0.667. The number of aromatic nitrogens is 2. The van der Waals surface area contributed by atoms with E-state index in [4.69, 9.17) is 11.6 Å². The van der Waals surface area contributed by atoms with Crippen LogP contribution in [0.15, 0.2) is 12.4 Å². The number of nitrogens with zero attached hydrogens (tertiary/aromatic N) is 2. The van der Waals surface area contributed by atoms with Crippen LogP contribution in [0.3, 0.4) is 0 Å². The molecule has 1 atom stereocenters. The summed E-state index contributed by atoms with van der Waals surface area (Å²) in [5.41, 5.74) is 0. The van der Waals surface area contributed by atoms with E-state index < -0.39 is 0 Å².